The van der Waals surface area contributed by atoms with E-state index in [4.69, 9.17) is 10.00 Å². The molecular weight excluding hydrogens is 418 g/mol. The van der Waals surface area contributed by atoms with Crippen molar-refractivity contribution < 1.29 is 14.3 Å². The van der Waals surface area contributed by atoms with Crippen LogP contribution in [0.5, 0.6) is 0 Å². The molecule has 0 saturated heterocycles. The van der Waals surface area contributed by atoms with Crippen molar-refractivity contribution in [2.75, 3.05) is 5.32 Å². The summed E-state index contributed by atoms with van der Waals surface area (Å²) in [6, 6.07) is 20.0. The lowest BCUT2D eigenvalue weighted by Crippen LogP contribution is -2.30. The molecule has 0 aliphatic carbocycles. The number of fused-ring (bicyclic) bond motifs is 1. The number of hydrogen-bond donors (Lipinski definition) is 1. The standard InChI is InChI=1S/C22H15N3O3S2/c1-13(20(26)24-15-7-3-2-6-14(15)12-23)28-22(27)19-11-10-18(29-19)21-25-16-8-4-5-9-17(16)30-21/h2-11,13H,1H3,(H,24,26). The Hall–Kier alpha value is -3.54. The van der Waals surface area contributed by atoms with E-state index in [1.807, 2.05) is 36.4 Å². The van der Waals surface area contributed by atoms with Crippen LogP contribution in [0.25, 0.3) is 20.1 Å². The molecule has 0 aliphatic heterocycles. The van der Waals surface area contributed by atoms with Gasteiger partial charge in [-0.25, -0.2) is 9.78 Å². The van der Waals surface area contributed by atoms with Gasteiger partial charge in [0.1, 0.15) is 16.0 Å². The normalized spacial score (nSPS) is 11.6. The Morgan fingerprint density at radius 3 is 2.63 bits per heavy atom. The number of benzene rings is 2. The van der Waals surface area contributed by atoms with Crippen molar-refractivity contribution >= 4 is 50.5 Å². The third-order valence-electron chi connectivity index (χ3n) is 4.27. The molecule has 1 N–H and O–H groups in total. The number of esters is 1. The van der Waals surface area contributed by atoms with Gasteiger partial charge in [0.05, 0.1) is 26.3 Å². The number of carbonyl (C=O) groups excluding carboxylic acids is 2. The van der Waals surface area contributed by atoms with Gasteiger partial charge in [-0.1, -0.05) is 24.3 Å². The third kappa shape index (κ3) is 4.08. The summed E-state index contributed by atoms with van der Waals surface area (Å²) < 4.78 is 6.39. The number of nitriles is 1. The zero-order valence-corrected chi connectivity index (χ0v) is 17.4. The maximum atomic E-state index is 12.5. The number of rotatable bonds is 5. The predicted molar refractivity (Wildman–Crippen MR) is 118 cm³/mol. The van der Waals surface area contributed by atoms with E-state index < -0.39 is 18.0 Å². The molecule has 0 radical (unpaired) electrons. The van der Waals surface area contributed by atoms with Crippen molar-refractivity contribution in [3.8, 4) is 16.0 Å². The number of carbonyl (C=O) groups is 2. The van der Waals surface area contributed by atoms with Crippen molar-refractivity contribution in [3.63, 3.8) is 0 Å². The van der Waals surface area contributed by atoms with Gasteiger partial charge in [-0.2, -0.15) is 5.26 Å². The molecule has 0 bridgehead atoms. The zero-order valence-electron chi connectivity index (χ0n) is 15.8. The monoisotopic (exact) mass is 433 g/mol. The lowest BCUT2D eigenvalue weighted by molar-refractivity contribution is -0.123. The van der Waals surface area contributed by atoms with E-state index in [0.29, 0.717) is 16.1 Å². The van der Waals surface area contributed by atoms with E-state index in [2.05, 4.69) is 10.3 Å². The number of hydrogen-bond acceptors (Lipinski definition) is 7. The Kier molecular flexibility index (Phi) is 5.57. The number of ether oxygens (including phenoxy) is 1. The summed E-state index contributed by atoms with van der Waals surface area (Å²) in [6.07, 6.45) is -1.02. The van der Waals surface area contributed by atoms with Crippen LogP contribution in [0.2, 0.25) is 0 Å². The average molecular weight is 434 g/mol. The number of amides is 1. The second-order valence-corrected chi connectivity index (χ2v) is 8.46. The van der Waals surface area contributed by atoms with Gasteiger partial charge in [0.25, 0.3) is 5.91 Å². The molecule has 6 nitrogen and oxygen atoms in total. The highest BCUT2D eigenvalue weighted by Crippen LogP contribution is 2.34. The van der Waals surface area contributed by atoms with Crippen LogP contribution in [0, 0.1) is 11.3 Å². The van der Waals surface area contributed by atoms with E-state index in [1.54, 1.807) is 41.7 Å². The lowest BCUT2D eigenvalue weighted by atomic mass is 10.2. The van der Waals surface area contributed by atoms with Crippen LogP contribution in [-0.2, 0) is 9.53 Å². The van der Waals surface area contributed by atoms with Crippen molar-refractivity contribution in [1.29, 1.82) is 5.26 Å². The van der Waals surface area contributed by atoms with E-state index in [9.17, 15) is 9.59 Å². The molecule has 2 aromatic carbocycles. The zero-order chi connectivity index (χ0) is 21.1. The third-order valence-corrected chi connectivity index (χ3v) is 6.54. The fourth-order valence-electron chi connectivity index (χ4n) is 2.74. The molecule has 1 unspecified atom stereocenters. The molecule has 8 heteroatoms. The summed E-state index contributed by atoms with van der Waals surface area (Å²) in [6.45, 7) is 1.49. The van der Waals surface area contributed by atoms with Crippen LogP contribution in [-0.4, -0.2) is 23.0 Å². The molecule has 0 saturated carbocycles. The minimum Gasteiger partial charge on any atom is -0.448 e. The fourth-order valence-corrected chi connectivity index (χ4v) is 4.65. The molecule has 0 fully saturated rings. The average Bonchev–Trinajstić information content (AvgIpc) is 3.41. The fraction of sp³-hybridized carbons (Fsp3) is 0.0909. The first-order valence-corrected chi connectivity index (χ1v) is 10.6. The molecule has 0 spiro atoms. The van der Waals surface area contributed by atoms with Crippen molar-refractivity contribution in [2.24, 2.45) is 0 Å². The van der Waals surface area contributed by atoms with Crippen molar-refractivity contribution in [1.82, 2.24) is 4.98 Å². The molecule has 30 heavy (non-hydrogen) atoms. The summed E-state index contributed by atoms with van der Waals surface area (Å²) in [5.41, 5.74) is 1.63. The number of thiazole rings is 1. The Labute approximate surface area is 180 Å². The Morgan fingerprint density at radius 1 is 1.07 bits per heavy atom. The molecule has 4 aromatic rings. The number of nitrogens with zero attached hydrogens (tertiary/aromatic N) is 2. The van der Waals surface area contributed by atoms with E-state index >= 15 is 0 Å². The van der Waals surface area contributed by atoms with E-state index in [0.717, 1.165) is 20.1 Å². The number of para-hydroxylation sites is 2. The number of anilines is 1. The van der Waals surface area contributed by atoms with Crippen LogP contribution in [0.4, 0.5) is 5.69 Å². The van der Waals surface area contributed by atoms with Gasteiger partial charge in [-0.05, 0) is 43.3 Å². The summed E-state index contributed by atoms with van der Waals surface area (Å²) in [5, 5.41) is 12.6. The molecule has 2 aromatic heterocycles. The summed E-state index contributed by atoms with van der Waals surface area (Å²) in [4.78, 5) is 30.7. The summed E-state index contributed by atoms with van der Waals surface area (Å²) in [5.74, 6) is -1.09. The first-order chi connectivity index (χ1) is 14.5. The van der Waals surface area contributed by atoms with Gasteiger partial charge in [-0.15, -0.1) is 22.7 Å². The van der Waals surface area contributed by atoms with Crippen LogP contribution in [0.1, 0.15) is 22.2 Å². The number of nitrogens with one attached hydrogen (secondary N) is 1. The number of thiophene rings is 1. The predicted octanol–water partition coefficient (Wildman–Crippen LogP) is 5.08. The van der Waals surface area contributed by atoms with Gasteiger partial charge in [-0.3, -0.25) is 4.79 Å². The molecule has 148 valence electrons. The Balaban J connectivity index is 1.43. The quantitative estimate of drug-likeness (QED) is 0.443. The highest BCUT2D eigenvalue weighted by Gasteiger charge is 2.21. The smallest absolute Gasteiger partial charge is 0.349 e. The minimum atomic E-state index is -1.02. The maximum absolute atomic E-state index is 12.5. The SMILES string of the molecule is CC(OC(=O)c1ccc(-c2nc3ccccc3s2)s1)C(=O)Nc1ccccc1C#N. The second kappa shape index (κ2) is 8.45. The molecule has 2 heterocycles. The molecule has 1 amide bonds. The molecule has 1 atom stereocenters. The van der Waals surface area contributed by atoms with Crippen molar-refractivity contribution in [3.05, 3.63) is 71.1 Å². The van der Waals surface area contributed by atoms with Crippen LogP contribution >= 0.6 is 22.7 Å². The van der Waals surface area contributed by atoms with Crippen molar-refractivity contribution in [2.45, 2.75) is 13.0 Å². The van der Waals surface area contributed by atoms with E-state index in [1.165, 1.54) is 18.3 Å². The van der Waals surface area contributed by atoms with Crippen LogP contribution < -0.4 is 5.32 Å². The lowest BCUT2D eigenvalue weighted by Gasteiger charge is -2.13. The van der Waals surface area contributed by atoms with Crippen LogP contribution in [0.15, 0.2) is 60.7 Å². The van der Waals surface area contributed by atoms with Gasteiger partial charge < -0.3 is 10.1 Å². The van der Waals surface area contributed by atoms with Gasteiger partial charge in [0.2, 0.25) is 0 Å². The molecule has 0 aliphatic rings. The highest BCUT2D eigenvalue weighted by molar-refractivity contribution is 7.26. The Bertz CT molecular complexity index is 1250. The van der Waals surface area contributed by atoms with Gasteiger partial charge in [0, 0.05) is 0 Å². The van der Waals surface area contributed by atoms with Gasteiger partial charge >= 0.3 is 5.97 Å². The maximum Gasteiger partial charge on any atom is 0.349 e. The van der Waals surface area contributed by atoms with Gasteiger partial charge in [0.15, 0.2) is 6.10 Å². The first-order valence-electron chi connectivity index (χ1n) is 9.02. The topological polar surface area (TPSA) is 92.1 Å². The first kappa shape index (κ1) is 19.8. The molecule has 4 rings (SSSR count). The Morgan fingerprint density at radius 2 is 1.83 bits per heavy atom. The molecular formula is C22H15N3O3S2. The summed E-state index contributed by atoms with van der Waals surface area (Å²) >= 11 is 2.83. The highest BCUT2D eigenvalue weighted by atomic mass is 32.1. The second-order valence-electron chi connectivity index (χ2n) is 6.34. The van der Waals surface area contributed by atoms with E-state index in [-0.39, 0.29) is 0 Å². The minimum absolute atomic E-state index is 0.336. The van der Waals surface area contributed by atoms with Crippen LogP contribution in [0.3, 0.4) is 0 Å². The largest absolute Gasteiger partial charge is 0.448 e. The number of aromatic nitrogens is 1. The summed E-state index contributed by atoms with van der Waals surface area (Å²) in [7, 11) is 0.